The Morgan fingerprint density at radius 3 is 2.75 bits per heavy atom. The Morgan fingerprint density at radius 1 is 1.23 bits per heavy atom. The molecule has 12 nitrogen and oxygen atoms in total. The van der Waals surface area contributed by atoms with Gasteiger partial charge >= 0.3 is 11.7 Å². The van der Waals surface area contributed by atoms with Crippen molar-refractivity contribution in [1.29, 1.82) is 5.26 Å². The van der Waals surface area contributed by atoms with Gasteiger partial charge < -0.3 is 15.4 Å². The molecular weight excluding hydrogens is 512 g/mol. The van der Waals surface area contributed by atoms with Crippen LogP contribution in [0.1, 0.15) is 31.0 Å². The van der Waals surface area contributed by atoms with Crippen LogP contribution in [0.4, 0.5) is 5.95 Å². The lowest BCUT2D eigenvalue weighted by Crippen LogP contribution is -2.44. The highest BCUT2D eigenvalue weighted by Crippen LogP contribution is 2.24. The van der Waals surface area contributed by atoms with Gasteiger partial charge in [0.25, 0.3) is 5.56 Å². The molecule has 0 saturated carbocycles. The van der Waals surface area contributed by atoms with Gasteiger partial charge in [0.05, 0.1) is 31.5 Å². The van der Waals surface area contributed by atoms with Crippen molar-refractivity contribution in [2.24, 2.45) is 5.73 Å². The van der Waals surface area contributed by atoms with Crippen molar-refractivity contribution in [3.05, 3.63) is 62.6 Å². The molecule has 0 bridgehead atoms. The maximum Gasteiger partial charge on any atom is 0.333 e. The van der Waals surface area contributed by atoms with Gasteiger partial charge in [-0.25, -0.2) is 4.79 Å². The first kappa shape index (κ1) is 26.7. The SMILES string of the molecule is CC#CCn1c(N2CCCC(N)C2)nc2c1c(=O)n(Cc1ncc3ccccc3c1C#N)c(=O)n2CC(=O)OC. The summed E-state index contributed by atoms with van der Waals surface area (Å²) < 4.78 is 8.60. The second-order valence-electron chi connectivity index (χ2n) is 9.56. The lowest BCUT2D eigenvalue weighted by atomic mass is 10.1. The maximum atomic E-state index is 14.0. The summed E-state index contributed by atoms with van der Waals surface area (Å²) in [5, 5.41) is 11.4. The zero-order valence-electron chi connectivity index (χ0n) is 22.3. The first-order valence-corrected chi connectivity index (χ1v) is 12.9. The fourth-order valence-electron chi connectivity index (χ4n) is 5.09. The first-order valence-electron chi connectivity index (χ1n) is 12.9. The number of rotatable bonds is 6. The molecule has 1 atom stereocenters. The molecule has 1 saturated heterocycles. The molecule has 1 unspecified atom stereocenters. The van der Waals surface area contributed by atoms with Crippen molar-refractivity contribution in [2.75, 3.05) is 25.1 Å². The number of nitriles is 1. The Bertz CT molecular complexity index is 1850. The van der Waals surface area contributed by atoms with Crippen molar-refractivity contribution in [1.82, 2.24) is 23.7 Å². The second-order valence-corrected chi connectivity index (χ2v) is 9.56. The Labute approximate surface area is 229 Å². The van der Waals surface area contributed by atoms with Gasteiger partial charge in [0.15, 0.2) is 11.2 Å². The van der Waals surface area contributed by atoms with Gasteiger partial charge in [0.2, 0.25) is 5.95 Å². The molecule has 3 aromatic heterocycles. The number of fused-ring (bicyclic) bond motifs is 2. The third-order valence-electron chi connectivity index (χ3n) is 7.06. The second kappa shape index (κ2) is 11.0. The summed E-state index contributed by atoms with van der Waals surface area (Å²) in [4.78, 5) is 51.3. The number of ether oxygens (including phenoxy) is 1. The number of esters is 1. The number of carbonyl (C=O) groups excluding carboxylic acids is 1. The predicted octanol–water partition coefficient (Wildman–Crippen LogP) is 0.952. The fourth-order valence-corrected chi connectivity index (χ4v) is 5.09. The summed E-state index contributed by atoms with van der Waals surface area (Å²) in [5.74, 6) is 5.60. The average Bonchev–Trinajstić information content (AvgIpc) is 3.35. The van der Waals surface area contributed by atoms with E-state index < -0.39 is 23.8 Å². The number of nitrogens with two attached hydrogens (primary N) is 1. The third kappa shape index (κ3) is 4.70. The summed E-state index contributed by atoms with van der Waals surface area (Å²) in [6.45, 7) is 2.27. The summed E-state index contributed by atoms with van der Waals surface area (Å²) in [7, 11) is 1.22. The summed E-state index contributed by atoms with van der Waals surface area (Å²) >= 11 is 0. The van der Waals surface area contributed by atoms with Gasteiger partial charge in [-0.1, -0.05) is 30.2 Å². The summed E-state index contributed by atoms with van der Waals surface area (Å²) in [5.41, 5.74) is 5.51. The van der Waals surface area contributed by atoms with Gasteiger partial charge in [0, 0.05) is 36.1 Å². The lowest BCUT2D eigenvalue weighted by molar-refractivity contribution is -0.141. The van der Waals surface area contributed by atoms with Crippen LogP contribution in [0.3, 0.4) is 0 Å². The number of aromatic nitrogens is 5. The first-order chi connectivity index (χ1) is 19.4. The Morgan fingerprint density at radius 2 is 2.02 bits per heavy atom. The lowest BCUT2D eigenvalue weighted by Gasteiger charge is -2.31. The zero-order valence-corrected chi connectivity index (χ0v) is 22.3. The molecule has 12 heteroatoms. The Kier molecular flexibility index (Phi) is 7.36. The normalized spacial score (nSPS) is 15.1. The quantitative estimate of drug-likeness (QED) is 0.278. The van der Waals surface area contributed by atoms with Crippen molar-refractivity contribution >= 4 is 33.9 Å². The monoisotopic (exact) mass is 540 g/mol. The van der Waals surface area contributed by atoms with Crippen LogP contribution < -0.4 is 21.9 Å². The number of hydrogen-bond acceptors (Lipinski definition) is 9. The third-order valence-corrected chi connectivity index (χ3v) is 7.06. The van der Waals surface area contributed by atoms with E-state index in [1.165, 1.54) is 7.11 Å². The molecule has 1 aliphatic heterocycles. The number of piperidine rings is 1. The zero-order chi connectivity index (χ0) is 28.4. The average molecular weight is 541 g/mol. The molecular formula is C28H28N8O4. The number of methoxy groups -OCH3 is 1. The highest BCUT2D eigenvalue weighted by Gasteiger charge is 2.28. The van der Waals surface area contributed by atoms with Gasteiger partial charge in [-0.2, -0.15) is 10.2 Å². The largest absolute Gasteiger partial charge is 0.468 e. The standard InChI is InChI=1S/C28H28N8O4/c1-3-4-12-34-24-25(32-27(34)33-11-7-9-19(30)15-33)35(17-23(37)40-2)28(39)36(26(24)38)16-22-21(13-29)20-10-6-5-8-18(20)14-31-22/h5-6,8,10,14,19H,7,9,11-12,15-17,30H2,1-2H3. The molecule has 4 aromatic rings. The van der Waals surface area contributed by atoms with Crippen molar-refractivity contribution in [3.8, 4) is 17.9 Å². The van der Waals surface area contributed by atoms with Crippen molar-refractivity contribution in [2.45, 2.75) is 45.4 Å². The van der Waals surface area contributed by atoms with E-state index in [1.54, 1.807) is 29.8 Å². The molecule has 1 aromatic carbocycles. The van der Waals surface area contributed by atoms with Crippen molar-refractivity contribution < 1.29 is 9.53 Å². The molecule has 0 amide bonds. The van der Waals surface area contributed by atoms with E-state index >= 15 is 0 Å². The molecule has 1 aliphatic rings. The molecule has 40 heavy (non-hydrogen) atoms. The number of hydrogen-bond donors (Lipinski definition) is 1. The molecule has 5 rings (SSSR count). The minimum absolute atomic E-state index is 0.0516. The summed E-state index contributed by atoms with van der Waals surface area (Å²) in [6.07, 6.45) is 3.31. The van der Waals surface area contributed by atoms with Crippen LogP contribution >= 0.6 is 0 Å². The van der Waals surface area contributed by atoms with Crippen LogP contribution in [0.15, 0.2) is 40.1 Å². The summed E-state index contributed by atoms with van der Waals surface area (Å²) in [6, 6.07) is 9.35. The Hall–Kier alpha value is -4.94. The van der Waals surface area contributed by atoms with E-state index in [2.05, 4.69) is 22.9 Å². The minimum atomic E-state index is -0.769. The number of anilines is 1. The fraction of sp³-hybridized carbons (Fsp3) is 0.357. The topological polar surface area (TPSA) is 154 Å². The van der Waals surface area contributed by atoms with E-state index in [-0.39, 0.29) is 41.6 Å². The molecule has 4 heterocycles. The number of nitrogens with zero attached hydrogens (tertiary/aromatic N) is 7. The number of pyridine rings is 1. The molecule has 2 N–H and O–H groups in total. The van der Waals surface area contributed by atoms with Crippen LogP contribution in [0.2, 0.25) is 0 Å². The number of imidazole rings is 1. The van der Waals surface area contributed by atoms with E-state index in [0.717, 1.165) is 27.4 Å². The molecule has 0 radical (unpaired) electrons. The molecule has 1 fully saturated rings. The molecule has 204 valence electrons. The minimum Gasteiger partial charge on any atom is -0.468 e. The number of benzene rings is 1. The van der Waals surface area contributed by atoms with Crippen LogP contribution in [-0.4, -0.2) is 55.9 Å². The number of carbonyl (C=O) groups is 1. The van der Waals surface area contributed by atoms with E-state index in [1.807, 2.05) is 17.0 Å². The van der Waals surface area contributed by atoms with Gasteiger partial charge in [-0.05, 0) is 19.8 Å². The van der Waals surface area contributed by atoms with Crippen LogP contribution in [-0.2, 0) is 29.2 Å². The highest BCUT2D eigenvalue weighted by molar-refractivity contribution is 5.87. The van der Waals surface area contributed by atoms with Gasteiger partial charge in [0.1, 0.15) is 12.6 Å². The van der Waals surface area contributed by atoms with E-state index in [0.29, 0.717) is 24.4 Å². The van der Waals surface area contributed by atoms with Crippen LogP contribution in [0, 0.1) is 23.2 Å². The van der Waals surface area contributed by atoms with Gasteiger partial charge in [-0.3, -0.25) is 28.3 Å². The predicted molar refractivity (Wildman–Crippen MR) is 149 cm³/mol. The smallest absolute Gasteiger partial charge is 0.333 e. The van der Waals surface area contributed by atoms with E-state index in [9.17, 15) is 19.6 Å². The van der Waals surface area contributed by atoms with Crippen LogP contribution in [0.25, 0.3) is 21.9 Å². The molecule has 0 spiro atoms. The highest BCUT2D eigenvalue weighted by atomic mass is 16.5. The van der Waals surface area contributed by atoms with E-state index in [4.69, 9.17) is 15.5 Å². The van der Waals surface area contributed by atoms with Gasteiger partial charge in [-0.15, -0.1) is 5.92 Å². The molecule has 0 aliphatic carbocycles. The van der Waals surface area contributed by atoms with Crippen LogP contribution in [0.5, 0.6) is 0 Å². The van der Waals surface area contributed by atoms with Crippen molar-refractivity contribution in [3.63, 3.8) is 0 Å². The Balaban J connectivity index is 1.78. The maximum absolute atomic E-state index is 14.0.